The third kappa shape index (κ3) is 9.86. The van der Waals surface area contributed by atoms with E-state index < -0.39 is 12.3 Å². The molecule has 0 aliphatic rings. The molecule has 0 fully saturated rings. The van der Waals surface area contributed by atoms with Crippen LogP contribution in [0.3, 0.4) is 0 Å². The summed E-state index contributed by atoms with van der Waals surface area (Å²) in [7, 11) is 1.46. The summed E-state index contributed by atoms with van der Waals surface area (Å²) < 4.78 is 9.59. The number of nitrogens with one attached hydrogen (secondary N) is 1. The number of esters is 1. The van der Waals surface area contributed by atoms with E-state index in [1.54, 1.807) is 13.0 Å². The van der Waals surface area contributed by atoms with Gasteiger partial charge in [-0.2, -0.15) is 11.8 Å². The van der Waals surface area contributed by atoms with Crippen molar-refractivity contribution in [3.8, 4) is 0 Å². The van der Waals surface area contributed by atoms with E-state index in [1.807, 2.05) is 0 Å². The molecule has 0 aliphatic carbocycles. The zero-order valence-electron chi connectivity index (χ0n) is 9.92. The van der Waals surface area contributed by atoms with Gasteiger partial charge in [-0.3, -0.25) is 4.79 Å². The lowest BCUT2D eigenvalue weighted by molar-refractivity contribution is -0.163. The molecule has 3 N–H and O–H groups in total. The van der Waals surface area contributed by atoms with Gasteiger partial charge in [-0.1, -0.05) is 6.08 Å². The number of nitrogens with two attached hydrogens (primary N) is 1. The van der Waals surface area contributed by atoms with E-state index in [0.717, 1.165) is 0 Å². The maximum absolute atomic E-state index is 11.1. The van der Waals surface area contributed by atoms with Gasteiger partial charge in [-0.05, 0) is 6.92 Å². The molecule has 0 aromatic rings. The summed E-state index contributed by atoms with van der Waals surface area (Å²) in [6, 6.07) is 0. The first-order valence-electron chi connectivity index (χ1n) is 5.03. The Balaban J connectivity index is 3.59. The lowest BCUT2D eigenvalue weighted by Gasteiger charge is -2.09. The Kier molecular flexibility index (Phi) is 9.50. The van der Waals surface area contributed by atoms with Gasteiger partial charge in [0.25, 0.3) is 0 Å². The van der Waals surface area contributed by atoms with Crippen LogP contribution >= 0.6 is 11.8 Å². The summed E-state index contributed by atoms with van der Waals surface area (Å²) in [4.78, 5) is 21.2. The fourth-order valence-corrected chi connectivity index (χ4v) is 1.51. The first-order valence-corrected chi connectivity index (χ1v) is 6.18. The maximum atomic E-state index is 11.1. The minimum atomic E-state index is -0.551. The molecule has 98 valence electrons. The van der Waals surface area contributed by atoms with E-state index in [9.17, 15) is 9.59 Å². The molecule has 0 aromatic heterocycles. The van der Waals surface area contributed by atoms with Gasteiger partial charge in [-0.25, -0.2) is 4.79 Å². The van der Waals surface area contributed by atoms with Crippen LogP contribution in [0.1, 0.15) is 6.92 Å². The van der Waals surface area contributed by atoms with Crippen LogP contribution in [0.5, 0.6) is 0 Å². The van der Waals surface area contributed by atoms with Crippen LogP contribution < -0.4 is 11.1 Å². The van der Waals surface area contributed by atoms with Gasteiger partial charge in [-0.15, -0.1) is 0 Å². The van der Waals surface area contributed by atoms with Crippen LogP contribution in [0.15, 0.2) is 12.2 Å². The molecule has 0 heterocycles. The second kappa shape index (κ2) is 10.1. The fraction of sp³-hybridized carbons (Fsp3) is 0.600. The van der Waals surface area contributed by atoms with Crippen molar-refractivity contribution in [3.05, 3.63) is 12.2 Å². The van der Waals surface area contributed by atoms with Gasteiger partial charge in [0.1, 0.15) is 0 Å². The van der Waals surface area contributed by atoms with Crippen LogP contribution in [0.4, 0.5) is 0 Å². The smallest absolute Gasteiger partial charge is 0.332 e. The Hall–Kier alpha value is -1.05. The van der Waals surface area contributed by atoms with Crippen molar-refractivity contribution in [2.24, 2.45) is 5.73 Å². The van der Waals surface area contributed by atoms with Crippen LogP contribution in [0.25, 0.3) is 0 Å². The molecule has 0 aliphatic heterocycles. The Morgan fingerprint density at radius 3 is 2.88 bits per heavy atom. The van der Waals surface area contributed by atoms with Gasteiger partial charge in [0, 0.05) is 24.7 Å². The van der Waals surface area contributed by atoms with Crippen LogP contribution in [-0.2, 0) is 19.1 Å². The molecular formula is C10H18N2O4S. The molecular weight excluding hydrogens is 244 g/mol. The number of carbonyl (C=O) groups excluding carboxylic acids is 2. The Bertz CT molecular complexity index is 261. The number of amides is 1. The molecule has 1 amide bonds. The van der Waals surface area contributed by atoms with Gasteiger partial charge in [0.15, 0.2) is 6.29 Å². The number of hydrogen-bond donors (Lipinski definition) is 2. The largest absolute Gasteiger partial charge is 0.433 e. The molecule has 2 unspecified atom stereocenters. The van der Waals surface area contributed by atoms with Crippen molar-refractivity contribution in [1.82, 2.24) is 5.32 Å². The monoisotopic (exact) mass is 262 g/mol. The van der Waals surface area contributed by atoms with E-state index in [2.05, 4.69) is 5.32 Å². The highest BCUT2D eigenvalue weighted by Gasteiger charge is 2.03. The third-order valence-electron chi connectivity index (χ3n) is 1.66. The standard InChI is InChI=1S/C10H18N2O4S/c1-8(15-2)16-10(14)4-3-5-17-6-9(11)12-7-13/h3-4,7-9H,5-6,11H2,1-2H3,(H,12,13)/b4-3+. The number of thioether (sulfide) groups is 1. The van der Waals surface area contributed by atoms with Crippen molar-refractivity contribution in [2.75, 3.05) is 18.6 Å². The number of methoxy groups -OCH3 is 1. The Labute approximate surface area is 105 Å². The van der Waals surface area contributed by atoms with Crippen molar-refractivity contribution < 1.29 is 19.1 Å². The summed E-state index contributed by atoms with van der Waals surface area (Å²) in [5.74, 6) is 0.743. The zero-order valence-corrected chi connectivity index (χ0v) is 10.7. The van der Waals surface area contributed by atoms with E-state index in [1.165, 1.54) is 24.9 Å². The van der Waals surface area contributed by atoms with Crippen molar-refractivity contribution in [3.63, 3.8) is 0 Å². The lowest BCUT2D eigenvalue weighted by Crippen LogP contribution is -2.38. The van der Waals surface area contributed by atoms with Crippen LogP contribution in [-0.4, -0.2) is 43.5 Å². The SMILES string of the molecule is COC(C)OC(=O)/C=C/CSCC(N)NC=O. The molecule has 0 aromatic carbocycles. The van der Waals surface area contributed by atoms with Crippen molar-refractivity contribution in [1.29, 1.82) is 0 Å². The third-order valence-corrected chi connectivity index (χ3v) is 2.68. The second-order valence-electron chi connectivity index (χ2n) is 3.07. The molecule has 2 atom stereocenters. The van der Waals surface area contributed by atoms with Crippen LogP contribution in [0.2, 0.25) is 0 Å². The zero-order chi connectivity index (χ0) is 13.1. The average molecular weight is 262 g/mol. The second-order valence-corrected chi connectivity index (χ2v) is 4.15. The topological polar surface area (TPSA) is 90.7 Å². The summed E-state index contributed by atoms with van der Waals surface area (Å²) in [6.45, 7) is 1.63. The highest BCUT2D eigenvalue weighted by atomic mass is 32.2. The van der Waals surface area contributed by atoms with Crippen LogP contribution in [0, 0.1) is 0 Å². The highest BCUT2D eigenvalue weighted by Crippen LogP contribution is 2.01. The Morgan fingerprint density at radius 1 is 1.59 bits per heavy atom. The predicted octanol–water partition coefficient (Wildman–Crippen LogP) is -0.158. The molecule has 17 heavy (non-hydrogen) atoms. The van der Waals surface area contributed by atoms with E-state index in [-0.39, 0.29) is 6.17 Å². The van der Waals surface area contributed by atoms with E-state index in [0.29, 0.717) is 17.9 Å². The maximum Gasteiger partial charge on any atom is 0.332 e. The van der Waals surface area contributed by atoms with Gasteiger partial charge >= 0.3 is 5.97 Å². The number of carbonyl (C=O) groups is 2. The van der Waals surface area contributed by atoms with Crippen molar-refractivity contribution >= 4 is 24.1 Å². The van der Waals surface area contributed by atoms with Gasteiger partial charge in [0.2, 0.25) is 6.41 Å². The predicted molar refractivity (Wildman–Crippen MR) is 66.2 cm³/mol. The normalized spacial score (nSPS) is 14.3. The summed E-state index contributed by atoms with van der Waals surface area (Å²) in [5.41, 5.74) is 5.51. The molecule has 0 radical (unpaired) electrons. The molecule has 7 heteroatoms. The molecule has 0 saturated heterocycles. The number of rotatable bonds is 9. The van der Waals surface area contributed by atoms with Crippen molar-refractivity contribution in [2.45, 2.75) is 19.4 Å². The first kappa shape index (κ1) is 16.0. The number of hydrogen-bond acceptors (Lipinski definition) is 6. The van der Waals surface area contributed by atoms with E-state index in [4.69, 9.17) is 15.2 Å². The molecule has 6 nitrogen and oxygen atoms in total. The molecule has 0 spiro atoms. The molecule has 0 saturated carbocycles. The highest BCUT2D eigenvalue weighted by molar-refractivity contribution is 7.99. The summed E-state index contributed by atoms with van der Waals surface area (Å²) in [5, 5.41) is 2.42. The first-order chi connectivity index (χ1) is 8.10. The Morgan fingerprint density at radius 2 is 2.29 bits per heavy atom. The molecule has 0 rings (SSSR count). The lowest BCUT2D eigenvalue weighted by atomic mass is 10.5. The number of ether oxygens (including phenoxy) is 2. The van der Waals surface area contributed by atoms with Gasteiger partial charge in [0.05, 0.1) is 6.17 Å². The van der Waals surface area contributed by atoms with Gasteiger partial charge < -0.3 is 20.5 Å². The fourth-order valence-electron chi connectivity index (χ4n) is 0.794. The average Bonchev–Trinajstić information content (AvgIpc) is 2.28. The van der Waals surface area contributed by atoms with E-state index >= 15 is 0 Å². The quantitative estimate of drug-likeness (QED) is 0.197. The minimum absolute atomic E-state index is 0.369. The summed E-state index contributed by atoms with van der Waals surface area (Å²) >= 11 is 1.50. The molecule has 0 bridgehead atoms. The summed E-state index contributed by atoms with van der Waals surface area (Å²) in [6.07, 6.45) is 2.64. The minimum Gasteiger partial charge on any atom is -0.433 e.